The molecule has 3 aromatic carbocycles. The molecule has 4 nitrogen and oxygen atoms in total. The monoisotopic (exact) mass is 434 g/mol. The zero-order valence-corrected chi connectivity index (χ0v) is 17.2. The molecule has 0 aliphatic rings. The lowest BCUT2D eigenvalue weighted by Gasteiger charge is -2.11. The van der Waals surface area contributed by atoms with Crippen molar-refractivity contribution in [3.63, 3.8) is 0 Å². The molecule has 28 heavy (non-hydrogen) atoms. The number of methoxy groups -OCH3 is 1. The standard InChI is InChI=1S/C21H17Cl3N2O2/c1-27-21-10-14(12-25-26-17-6-7-18(23)19(24)11-17)5-8-20(21)28-13-15-3-2-4-16(22)9-15/h2-12,26H,13H2,1H3. The lowest BCUT2D eigenvalue weighted by Crippen LogP contribution is -1.98. The number of nitrogens with zero attached hydrogens (tertiary/aromatic N) is 1. The van der Waals surface area contributed by atoms with Crippen molar-refractivity contribution in [1.29, 1.82) is 0 Å². The van der Waals surface area contributed by atoms with Gasteiger partial charge in [-0.3, -0.25) is 5.43 Å². The number of hydrazone groups is 1. The largest absolute Gasteiger partial charge is 0.493 e. The molecule has 0 atom stereocenters. The van der Waals surface area contributed by atoms with Gasteiger partial charge in [0, 0.05) is 5.02 Å². The van der Waals surface area contributed by atoms with Crippen molar-refractivity contribution in [3.05, 3.63) is 86.9 Å². The average Bonchev–Trinajstić information content (AvgIpc) is 2.69. The molecule has 0 spiro atoms. The van der Waals surface area contributed by atoms with E-state index in [0.717, 1.165) is 16.8 Å². The van der Waals surface area contributed by atoms with Crippen LogP contribution in [0.5, 0.6) is 11.5 Å². The van der Waals surface area contributed by atoms with Gasteiger partial charge in [0.15, 0.2) is 11.5 Å². The van der Waals surface area contributed by atoms with Gasteiger partial charge in [-0.05, 0) is 59.7 Å². The summed E-state index contributed by atoms with van der Waals surface area (Å²) in [6, 6.07) is 18.3. The summed E-state index contributed by atoms with van der Waals surface area (Å²) in [5, 5.41) is 5.84. The fourth-order valence-electron chi connectivity index (χ4n) is 2.42. The van der Waals surface area contributed by atoms with E-state index in [0.29, 0.717) is 33.2 Å². The van der Waals surface area contributed by atoms with Crippen LogP contribution in [0.1, 0.15) is 11.1 Å². The minimum atomic E-state index is 0.392. The molecule has 0 amide bonds. The van der Waals surface area contributed by atoms with Gasteiger partial charge < -0.3 is 9.47 Å². The maximum atomic E-state index is 6.00. The molecule has 0 aliphatic heterocycles. The SMILES string of the molecule is COc1cc(C=NNc2ccc(Cl)c(Cl)c2)ccc1OCc1cccc(Cl)c1. The van der Waals surface area contributed by atoms with Crippen LogP contribution in [0, 0.1) is 0 Å². The number of hydrogen-bond donors (Lipinski definition) is 1. The Hall–Kier alpha value is -2.40. The van der Waals surface area contributed by atoms with E-state index in [1.807, 2.05) is 42.5 Å². The fraction of sp³-hybridized carbons (Fsp3) is 0.0952. The summed E-state index contributed by atoms with van der Waals surface area (Å²) < 4.78 is 11.3. The molecule has 3 aromatic rings. The number of hydrogen-bond acceptors (Lipinski definition) is 4. The smallest absolute Gasteiger partial charge is 0.161 e. The van der Waals surface area contributed by atoms with Gasteiger partial charge in [0.05, 0.1) is 29.1 Å². The quantitative estimate of drug-likeness (QED) is 0.332. The van der Waals surface area contributed by atoms with E-state index in [1.165, 1.54) is 0 Å². The van der Waals surface area contributed by atoms with E-state index >= 15 is 0 Å². The molecule has 0 unspecified atom stereocenters. The van der Waals surface area contributed by atoms with Gasteiger partial charge in [0.2, 0.25) is 0 Å². The Morgan fingerprint density at radius 1 is 0.929 bits per heavy atom. The Bertz CT molecular complexity index is 993. The molecule has 0 aliphatic carbocycles. The summed E-state index contributed by atoms with van der Waals surface area (Å²) in [5.74, 6) is 1.25. The number of rotatable bonds is 7. The van der Waals surface area contributed by atoms with Crippen LogP contribution in [0.4, 0.5) is 5.69 Å². The first-order valence-corrected chi connectivity index (χ1v) is 9.48. The maximum Gasteiger partial charge on any atom is 0.161 e. The second kappa shape index (κ2) is 9.69. The zero-order chi connectivity index (χ0) is 19.9. The van der Waals surface area contributed by atoms with E-state index < -0.39 is 0 Å². The molecular weight excluding hydrogens is 419 g/mol. The highest BCUT2D eigenvalue weighted by Crippen LogP contribution is 2.29. The normalized spacial score (nSPS) is 10.9. The number of benzene rings is 3. The maximum absolute atomic E-state index is 6.00. The topological polar surface area (TPSA) is 42.8 Å². The third-order valence-corrected chi connectivity index (χ3v) is 4.77. The van der Waals surface area contributed by atoms with Crippen molar-refractivity contribution in [2.75, 3.05) is 12.5 Å². The van der Waals surface area contributed by atoms with E-state index in [2.05, 4.69) is 10.5 Å². The van der Waals surface area contributed by atoms with Gasteiger partial charge in [-0.15, -0.1) is 0 Å². The molecule has 0 bridgehead atoms. The Balaban J connectivity index is 1.65. The van der Waals surface area contributed by atoms with Gasteiger partial charge in [0.25, 0.3) is 0 Å². The molecule has 0 fully saturated rings. The molecule has 3 rings (SSSR count). The van der Waals surface area contributed by atoms with Crippen LogP contribution in [-0.2, 0) is 6.61 Å². The van der Waals surface area contributed by atoms with Crippen molar-refractivity contribution in [2.45, 2.75) is 6.61 Å². The molecule has 0 heterocycles. The first kappa shape index (κ1) is 20.3. The van der Waals surface area contributed by atoms with Crippen LogP contribution < -0.4 is 14.9 Å². The summed E-state index contributed by atoms with van der Waals surface area (Å²) in [7, 11) is 1.59. The Labute approximate surface area is 178 Å². The molecule has 7 heteroatoms. The first-order valence-electron chi connectivity index (χ1n) is 8.34. The molecule has 0 radical (unpaired) electrons. The molecule has 0 saturated carbocycles. The second-order valence-corrected chi connectivity index (χ2v) is 7.08. The summed E-state index contributed by atoms with van der Waals surface area (Å²) in [6.07, 6.45) is 1.67. The van der Waals surface area contributed by atoms with Crippen LogP contribution in [0.3, 0.4) is 0 Å². The zero-order valence-electron chi connectivity index (χ0n) is 15.0. The highest BCUT2D eigenvalue weighted by Gasteiger charge is 2.06. The number of ether oxygens (including phenoxy) is 2. The van der Waals surface area contributed by atoms with Crippen molar-refractivity contribution in [1.82, 2.24) is 0 Å². The van der Waals surface area contributed by atoms with E-state index in [9.17, 15) is 0 Å². The molecule has 1 N–H and O–H groups in total. The van der Waals surface area contributed by atoms with Crippen molar-refractivity contribution < 1.29 is 9.47 Å². The number of nitrogens with one attached hydrogen (secondary N) is 1. The lowest BCUT2D eigenvalue weighted by atomic mass is 10.2. The minimum Gasteiger partial charge on any atom is -0.493 e. The minimum absolute atomic E-state index is 0.392. The van der Waals surface area contributed by atoms with Crippen molar-refractivity contribution in [3.8, 4) is 11.5 Å². The summed E-state index contributed by atoms with van der Waals surface area (Å²) in [5.41, 5.74) is 5.47. The summed E-state index contributed by atoms with van der Waals surface area (Å²) in [6.45, 7) is 0.392. The van der Waals surface area contributed by atoms with E-state index in [1.54, 1.807) is 31.5 Å². The van der Waals surface area contributed by atoms with Crippen LogP contribution in [0.25, 0.3) is 0 Å². The Kier molecular flexibility index (Phi) is 7.04. The van der Waals surface area contributed by atoms with Gasteiger partial charge in [-0.2, -0.15) is 5.10 Å². The second-order valence-electron chi connectivity index (χ2n) is 5.83. The van der Waals surface area contributed by atoms with Gasteiger partial charge in [0.1, 0.15) is 6.61 Å². The van der Waals surface area contributed by atoms with Crippen LogP contribution in [-0.4, -0.2) is 13.3 Å². The van der Waals surface area contributed by atoms with E-state index in [-0.39, 0.29) is 0 Å². The molecular formula is C21H17Cl3N2O2. The lowest BCUT2D eigenvalue weighted by molar-refractivity contribution is 0.284. The van der Waals surface area contributed by atoms with Crippen LogP contribution in [0.2, 0.25) is 15.1 Å². The average molecular weight is 436 g/mol. The predicted molar refractivity (Wildman–Crippen MR) is 116 cm³/mol. The van der Waals surface area contributed by atoms with E-state index in [4.69, 9.17) is 44.3 Å². The third kappa shape index (κ3) is 5.55. The molecule has 0 aromatic heterocycles. The highest BCUT2D eigenvalue weighted by atomic mass is 35.5. The van der Waals surface area contributed by atoms with Crippen molar-refractivity contribution in [2.24, 2.45) is 5.10 Å². The van der Waals surface area contributed by atoms with Crippen LogP contribution >= 0.6 is 34.8 Å². The molecule has 0 saturated heterocycles. The van der Waals surface area contributed by atoms with Gasteiger partial charge in [-0.25, -0.2) is 0 Å². The number of halogens is 3. The summed E-state index contributed by atoms with van der Waals surface area (Å²) in [4.78, 5) is 0. The predicted octanol–water partition coefficient (Wildman–Crippen LogP) is 6.68. The van der Waals surface area contributed by atoms with Gasteiger partial charge >= 0.3 is 0 Å². The fourth-order valence-corrected chi connectivity index (χ4v) is 2.93. The number of anilines is 1. The Morgan fingerprint density at radius 2 is 1.79 bits per heavy atom. The summed E-state index contributed by atoms with van der Waals surface area (Å²) >= 11 is 17.9. The first-order chi connectivity index (χ1) is 13.5. The molecule has 144 valence electrons. The third-order valence-electron chi connectivity index (χ3n) is 3.80. The Morgan fingerprint density at radius 3 is 2.54 bits per heavy atom. The van der Waals surface area contributed by atoms with Gasteiger partial charge in [-0.1, -0.05) is 46.9 Å². The van der Waals surface area contributed by atoms with Crippen LogP contribution in [0.15, 0.2) is 65.8 Å². The highest BCUT2D eigenvalue weighted by molar-refractivity contribution is 6.42. The van der Waals surface area contributed by atoms with Crippen molar-refractivity contribution >= 4 is 46.7 Å².